The summed E-state index contributed by atoms with van der Waals surface area (Å²) in [4.78, 5) is 26.4. The number of Topliss-reactive ketones (excluding diaryl/α,β-unsaturated/α-hetero) is 1. The van der Waals surface area contributed by atoms with Crippen molar-refractivity contribution in [3.63, 3.8) is 0 Å². The van der Waals surface area contributed by atoms with Crippen molar-refractivity contribution in [2.75, 3.05) is 18.6 Å². The molecule has 2 fully saturated rings. The lowest BCUT2D eigenvalue weighted by Gasteiger charge is -2.35. The van der Waals surface area contributed by atoms with Crippen molar-refractivity contribution in [3.05, 3.63) is 34.9 Å². The third-order valence-corrected chi connectivity index (χ3v) is 6.18. The van der Waals surface area contributed by atoms with Crippen LogP contribution in [0.4, 0.5) is 0 Å². The number of carbonyl (C=O) groups is 2. The summed E-state index contributed by atoms with van der Waals surface area (Å²) in [6.07, 6.45) is 4.56. The first-order valence-corrected chi connectivity index (χ1v) is 9.94. The molecule has 2 aliphatic rings. The fourth-order valence-electron chi connectivity index (χ4n) is 3.60. The van der Waals surface area contributed by atoms with E-state index in [1.165, 1.54) is 24.6 Å². The Kier molecular flexibility index (Phi) is 5.85. The number of halogens is 1. The lowest BCUT2D eigenvalue weighted by Crippen LogP contribution is -2.49. The Morgan fingerprint density at radius 2 is 1.79 bits per heavy atom. The van der Waals surface area contributed by atoms with E-state index in [0.29, 0.717) is 40.2 Å². The van der Waals surface area contributed by atoms with Gasteiger partial charge in [-0.1, -0.05) is 11.6 Å². The number of ketones is 1. The molecule has 3 rings (SSSR count). The van der Waals surface area contributed by atoms with E-state index in [2.05, 4.69) is 5.32 Å². The zero-order chi connectivity index (χ0) is 17.1. The van der Waals surface area contributed by atoms with Gasteiger partial charge in [0.2, 0.25) is 5.91 Å². The van der Waals surface area contributed by atoms with Crippen LogP contribution >= 0.6 is 23.4 Å². The van der Waals surface area contributed by atoms with Crippen LogP contribution in [0.25, 0.3) is 0 Å². The van der Waals surface area contributed by atoms with E-state index in [-0.39, 0.29) is 11.7 Å². The van der Waals surface area contributed by atoms with Crippen LogP contribution in [-0.4, -0.2) is 53.3 Å². The standard InChI is InChI=1S/C18H23ClN2O2S/c1-21(16-8-14-6-7-15(9-16)20-14)18(23)11-24-10-17(22)12-2-4-13(19)5-3-12/h2-5,14-16,20H,6-11H2,1H3. The van der Waals surface area contributed by atoms with Gasteiger partial charge in [-0.2, -0.15) is 0 Å². The van der Waals surface area contributed by atoms with Crippen LogP contribution in [0.3, 0.4) is 0 Å². The number of nitrogens with one attached hydrogen (secondary N) is 1. The molecule has 1 aromatic carbocycles. The minimum absolute atomic E-state index is 0.0343. The van der Waals surface area contributed by atoms with E-state index >= 15 is 0 Å². The van der Waals surface area contributed by atoms with Crippen LogP contribution in [0, 0.1) is 0 Å². The van der Waals surface area contributed by atoms with Gasteiger partial charge in [0.1, 0.15) is 0 Å². The Labute approximate surface area is 152 Å². The first-order valence-electron chi connectivity index (χ1n) is 8.41. The van der Waals surface area contributed by atoms with Crippen molar-refractivity contribution in [2.24, 2.45) is 0 Å². The molecule has 24 heavy (non-hydrogen) atoms. The highest BCUT2D eigenvalue weighted by atomic mass is 35.5. The van der Waals surface area contributed by atoms with Crippen LogP contribution in [0.2, 0.25) is 5.02 Å². The third-order valence-electron chi connectivity index (χ3n) is 5.01. The summed E-state index contributed by atoms with van der Waals surface area (Å²) in [6.45, 7) is 0. The number of thioether (sulfide) groups is 1. The maximum absolute atomic E-state index is 12.4. The minimum Gasteiger partial charge on any atom is -0.342 e. The number of rotatable bonds is 6. The highest BCUT2D eigenvalue weighted by molar-refractivity contribution is 8.00. The van der Waals surface area contributed by atoms with Crippen molar-refractivity contribution in [1.29, 1.82) is 0 Å². The van der Waals surface area contributed by atoms with Crippen molar-refractivity contribution in [3.8, 4) is 0 Å². The number of benzene rings is 1. The van der Waals surface area contributed by atoms with Gasteiger partial charge in [-0.15, -0.1) is 11.8 Å². The van der Waals surface area contributed by atoms with Gasteiger partial charge in [-0.05, 0) is 49.9 Å². The first kappa shape index (κ1) is 17.8. The Balaban J connectivity index is 1.43. The average molecular weight is 367 g/mol. The van der Waals surface area contributed by atoms with Gasteiger partial charge in [0.15, 0.2) is 5.78 Å². The molecule has 2 atom stereocenters. The zero-order valence-corrected chi connectivity index (χ0v) is 15.4. The third kappa shape index (κ3) is 4.32. The molecule has 2 unspecified atom stereocenters. The molecular weight excluding hydrogens is 344 g/mol. The van der Waals surface area contributed by atoms with Crippen LogP contribution in [-0.2, 0) is 4.79 Å². The van der Waals surface area contributed by atoms with Gasteiger partial charge in [-0.3, -0.25) is 9.59 Å². The van der Waals surface area contributed by atoms with Gasteiger partial charge >= 0.3 is 0 Å². The molecule has 6 heteroatoms. The second-order valence-corrected chi connectivity index (χ2v) is 8.11. The number of carbonyl (C=O) groups excluding carboxylic acids is 2. The number of hydrogen-bond acceptors (Lipinski definition) is 4. The fourth-order valence-corrected chi connectivity index (χ4v) is 4.56. The maximum Gasteiger partial charge on any atom is 0.232 e. The predicted molar refractivity (Wildman–Crippen MR) is 98.8 cm³/mol. The molecule has 0 aliphatic carbocycles. The highest BCUT2D eigenvalue weighted by Crippen LogP contribution is 2.29. The van der Waals surface area contributed by atoms with Gasteiger partial charge in [0, 0.05) is 35.8 Å². The molecule has 1 aromatic rings. The maximum atomic E-state index is 12.4. The Bertz CT molecular complexity index is 596. The second-order valence-electron chi connectivity index (χ2n) is 6.69. The number of hydrogen-bond donors (Lipinski definition) is 1. The molecule has 4 nitrogen and oxygen atoms in total. The Morgan fingerprint density at radius 3 is 2.42 bits per heavy atom. The number of nitrogens with zero attached hydrogens (tertiary/aromatic N) is 1. The molecule has 0 saturated carbocycles. The van der Waals surface area contributed by atoms with Crippen molar-refractivity contribution in [1.82, 2.24) is 10.2 Å². The summed E-state index contributed by atoms with van der Waals surface area (Å²) in [7, 11) is 1.90. The average Bonchev–Trinajstić information content (AvgIpc) is 2.92. The summed E-state index contributed by atoms with van der Waals surface area (Å²) < 4.78 is 0. The van der Waals surface area contributed by atoms with Gasteiger partial charge in [0.25, 0.3) is 0 Å². The lowest BCUT2D eigenvalue weighted by atomic mass is 9.98. The van der Waals surface area contributed by atoms with E-state index in [0.717, 1.165) is 12.8 Å². The second kappa shape index (κ2) is 7.89. The highest BCUT2D eigenvalue weighted by Gasteiger charge is 2.36. The topological polar surface area (TPSA) is 49.4 Å². The quantitative estimate of drug-likeness (QED) is 0.786. The molecule has 130 valence electrons. The normalized spacial score (nSPS) is 25.5. The Hall–Kier alpha value is -1.04. The van der Waals surface area contributed by atoms with E-state index in [4.69, 9.17) is 11.6 Å². The van der Waals surface area contributed by atoms with Gasteiger partial charge < -0.3 is 10.2 Å². The first-order chi connectivity index (χ1) is 11.5. The monoisotopic (exact) mass is 366 g/mol. The predicted octanol–water partition coefficient (Wildman–Crippen LogP) is 3.00. The summed E-state index contributed by atoms with van der Waals surface area (Å²) in [5.74, 6) is 0.829. The molecule has 2 aliphatic heterocycles. The minimum atomic E-state index is 0.0343. The molecule has 1 N–H and O–H groups in total. The summed E-state index contributed by atoms with van der Waals surface area (Å²) in [6, 6.07) is 8.36. The molecule has 0 aromatic heterocycles. The van der Waals surface area contributed by atoms with Crippen LogP contribution in [0.15, 0.2) is 24.3 Å². The molecule has 0 radical (unpaired) electrons. The summed E-state index contributed by atoms with van der Waals surface area (Å²) in [5, 5.41) is 4.21. The zero-order valence-electron chi connectivity index (χ0n) is 13.8. The van der Waals surface area contributed by atoms with Gasteiger partial charge in [0.05, 0.1) is 11.5 Å². The molecule has 2 bridgehead atoms. The summed E-state index contributed by atoms with van der Waals surface area (Å²) >= 11 is 7.21. The number of amides is 1. The van der Waals surface area contributed by atoms with Crippen LogP contribution in [0.1, 0.15) is 36.0 Å². The van der Waals surface area contributed by atoms with Crippen molar-refractivity contribution >= 4 is 35.1 Å². The van der Waals surface area contributed by atoms with E-state index in [1.807, 2.05) is 11.9 Å². The SMILES string of the molecule is CN(C(=O)CSCC(=O)c1ccc(Cl)cc1)C1CC2CCC(C1)N2. The van der Waals surface area contributed by atoms with Crippen LogP contribution < -0.4 is 5.32 Å². The smallest absolute Gasteiger partial charge is 0.232 e. The molecule has 2 heterocycles. The van der Waals surface area contributed by atoms with E-state index < -0.39 is 0 Å². The van der Waals surface area contributed by atoms with Crippen molar-refractivity contribution in [2.45, 2.75) is 43.8 Å². The van der Waals surface area contributed by atoms with Gasteiger partial charge in [-0.25, -0.2) is 0 Å². The summed E-state index contributed by atoms with van der Waals surface area (Å²) in [5.41, 5.74) is 0.641. The lowest BCUT2D eigenvalue weighted by molar-refractivity contribution is -0.129. The molecular formula is C18H23ClN2O2S. The van der Waals surface area contributed by atoms with E-state index in [9.17, 15) is 9.59 Å². The fraction of sp³-hybridized carbons (Fsp3) is 0.556. The number of fused-ring (bicyclic) bond motifs is 2. The molecule has 0 spiro atoms. The molecule has 2 saturated heterocycles. The van der Waals surface area contributed by atoms with Crippen LogP contribution in [0.5, 0.6) is 0 Å². The van der Waals surface area contributed by atoms with E-state index in [1.54, 1.807) is 24.3 Å². The largest absolute Gasteiger partial charge is 0.342 e. The molecule has 1 amide bonds. The number of piperidine rings is 1. The Morgan fingerprint density at radius 1 is 1.17 bits per heavy atom. The van der Waals surface area contributed by atoms with Crippen molar-refractivity contribution < 1.29 is 9.59 Å².